The molecule has 0 N–H and O–H groups in total. The smallest absolute Gasteiger partial charge is 0.155 e. The molecule has 0 spiro atoms. The fourth-order valence-electron chi connectivity index (χ4n) is 1.62. The molecule has 0 saturated heterocycles. The average molecular weight is 195 g/mol. The van der Waals surface area contributed by atoms with Crippen molar-refractivity contribution in [3.05, 3.63) is 11.3 Å². The molecule has 0 aliphatic heterocycles. The number of hydrogen-bond donors (Lipinski definition) is 0. The van der Waals surface area contributed by atoms with Gasteiger partial charge in [-0.3, -0.25) is 9.48 Å². The Bertz CT molecular complexity index is 339. The zero-order chi connectivity index (χ0) is 10.9. The Hall–Kier alpha value is -1.32. The molecular formula is C10H17N3O. The molecule has 78 valence electrons. The second-order valence-corrected chi connectivity index (χ2v) is 3.91. The summed E-state index contributed by atoms with van der Waals surface area (Å²) in [4.78, 5) is 12.9. The van der Waals surface area contributed by atoms with E-state index in [2.05, 4.69) is 5.10 Å². The maximum absolute atomic E-state index is 11.0. The third-order valence-electron chi connectivity index (χ3n) is 2.17. The van der Waals surface area contributed by atoms with Gasteiger partial charge in [0.2, 0.25) is 0 Å². The Morgan fingerprint density at radius 1 is 1.43 bits per heavy atom. The van der Waals surface area contributed by atoms with Gasteiger partial charge < -0.3 is 4.90 Å². The van der Waals surface area contributed by atoms with Crippen LogP contribution in [-0.2, 0) is 7.05 Å². The first-order chi connectivity index (χ1) is 6.49. The van der Waals surface area contributed by atoms with Crippen LogP contribution in [-0.4, -0.2) is 30.2 Å². The average Bonchev–Trinajstić information content (AvgIpc) is 2.41. The number of aryl methyl sites for hydroxylation is 1. The van der Waals surface area contributed by atoms with Crippen molar-refractivity contribution in [2.45, 2.75) is 19.8 Å². The van der Waals surface area contributed by atoms with Crippen LogP contribution in [0.1, 0.15) is 35.8 Å². The van der Waals surface area contributed by atoms with E-state index >= 15 is 0 Å². The fraction of sp³-hybridized carbons (Fsp3) is 0.600. The van der Waals surface area contributed by atoms with E-state index in [0.29, 0.717) is 5.56 Å². The molecule has 0 bridgehead atoms. The van der Waals surface area contributed by atoms with Crippen LogP contribution in [0.15, 0.2) is 0 Å². The highest BCUT2D eigenvalue weighted by atomic mass is 16.1. The van der Waals surface area contributed by atoms with E-state index in [4.69, 9.17) is 0 Å². The van der Waals surface area contributed by atoms with Crippen molar-refractivity contribution in [1.82, 2.24) is 9.78 Å². The Morgan fingerprint density at radius 2 is 2.00 bits per heavy atom. The first kappa shape index (κ1) is 10.8. The summed E-state index contributed by atoms with van der Waals surface area (Å²) >= 11 is 0. The first-order valence-electron chi connectivity index (χ1n) is 4.68. The number of nitrogens with zero attached hydrogens (tertiary/aromatic N) is 3. The molecule has 0 fully saturated rings. The maximum Gasteiger partial charge on any atom is 0.155 e. The zero-order valence-corrected chi connectivity index (χ0v) is 9.40. The van der Waals surface area contributed by atoms with Crippen molar-refractivity contribution in [3.8, 4) is 0 Å². The Kier molecular flexibility index (Phi) is 2.93. The fourth-order valence-corrected chi connectivity index (χ4v) is 1.62. The second-order valence-electron chi connectivity index (χ2n) is 3.91. The van der Waals surface area contributed by atoms with E-state index < -0.39 is 0 Å². The van der Waals surface area contributed by atoms with Gasteiger partial charge in [0.05, 0.1) is 11.3 Å². The molecule has 4 nitrogen and oxygen atoms in total. The summed E-state index contributed by atoms with van der Waals surface area (Å²) < 4.78 is 1.75. The standard InChI is InChI=1S/C10H17N3O/c1-7(2)9-8(6-14)10(12(3)4)13(5)11-9/h6-7H,1-5H3. The highest BCUT2D eigenvalue weighted by molar-refractivity contribution is 5.85. The lowest BCUT2D eigenvalue weighted by Gasteiger charge is -2.12. The molecule has 0 aromatic carbocycles. The van der Waals surface area contributed by atoms with Crippen molar-refractivity contribution in [2.75, 3.05) is 19.0 Å². The lowest BCUT2D eigenvalue weighted by molar-refractivity contribution is 0.112. The van der Waals surface area contributed by atoms with E-state index in [-0.39, 0.29) is 5.92 Å². The van der Waals surface area contributed by atoms with Crippen LogP contribution in [0, 0.1) is 0 Å². The number of anilines is 1. The molecule has 14 heavy (non-hydrogen) atoms. The highest BCUT2D eigenvalue weighted by Crippen LogP contribution is 2.25. The van der Waals surface area contributed by atoms with E-state index in [1.807, 2.05) is 39.9 Å². The number of hydrogen-bond acceptors (Lipinski definition) is 3. The summed E-state index contributed by atoms with van der Waals surface area (Å²) in [7, 11) is 5.68. The normalized spacial score (nSPS) is 10.7. The second kappa shape index (κ2) is 3.82. The molecule has 0 aliphatic rings. The number of aldehydes is 1. The van der Waals surface area contributed by atoms with E-state index in [9.17, 15) is 4.79 Å². The van der Waals surface area contributed by atoms with Gasteiger partial charge in [-0.15, -0.1) is 0 Å². The molecular weight excluding hydrogens is 178 g/mol. The van der Waals surface area contributed by atoms with Crippen LogP contribution in [0.2, 0.25) is 0 Å². The van der Waals surface area contributed by atoms with Crippen LogP contribution >= 0.6 is 0 Å². The topological polar surface area (TPSA) is 38.1 Å². The first-order valence-corrected chi connectivity index (χ1v) is 4.68. The molecule has 0 atom stereocenters. The van der Waals surface area contributed by atoms with Crippen LogP contribution in [0.4, 0.5) is 5.82 Å². The maximum atomic E-state index is 11.0. The summed E-state index contributed by atoms with van der Waals surface area (Å²) in [5.74, 6) is 1.14. The summed E-state index contributed by atoms with van der Waals surface area (Å²) in [6.07, 6.45) is 0.887. The zero-order valence-electron chi connectivity index (χ0n) is 9.40. The molecule has 1 aromatic heterocycles. The molecule has 0 aliphatic carbocycles. The third kappa shape index (κ3) is 1.64. The minimum atomic E-state index is 0.273. The van der Waals surface area contributed by atoms with Crippen molar-refractivity contribution >= 4 is 12.1 Å². The molecule has 0 unspecified atom stereocenters. The van der Waals surface area contributed by atoms with Crippen LogP contribution in [0.3, 0.4) is 0 Å². The Labute approximate surface area is 84.5 Å². The lowest BCUT2D eigenvalue weighted by atomic mass is 10.1. The molecule has 0 radical (unpaired) electrons. The number of carbonyl (C=O) groups is 1. The molecule has 0 saturated carbocycles. The predicted octanol–water partition coefficient (Wildman–Crippen LogP) is 1.42. The predicted molar refractivity (Wildman–Crippen MR) is 57.0 cm³/mol. The summed E-state index contributed by atoms with van der Waals surface area (Å²) in [6, 6.07) is 0. The number of rotatable bonds is 3. The van der Waals surface area contributed by atoms with Gasteiger partial charge in [0.1, 0.15) is 5.82 Å². The van der Waals surface area contributed by atoms with E-state index in [1.54, 1.807) is 4.68 Å². The van der Waals surface area contributed by atoms with Gasteiger partial charge >= 0.3 is 0 Å². The van der Waals surface area contributed by atoms with Gasteiger partial charge in [0, 0.05) is 21.1 Å². The minimum Gasteiger partial charge on any atom is -0.362 e. The van der Waals surface area contributed by atoms with Gasteiger partial charge in [0.15, 0.2) is 6.29 Å². The molecule has 1 rings (SSSR count). The third-order valence-corrected chi connectivity index (χ3v) is 2.17. The monoisotopic (exact) mass is 195 g/mol. The number of carbonyl (C=O) groups excluding carboxylic acids is 1. The van der Waals surface area contributed by atoms with Gasteiger partial charge in [-0.25, -0.2) is 0 Å². The van der Waals surface area contributed by atoms with Gasteiger partial charge in [0.25, 0.3) is 0 Å². The van der Waals surface area contributed by atoms with Crippen LogP contribution in [0.25, 0.3) is 0 Å². The van der Waals surface area contributed by atoms with Crippen LogP contribution in [0.5, 0.6) is 0 Å². The number of aromatic nitrogens is 2. The van der Waals surface area contributed by atoms with Gasteiger partial charge in [-0.2, -0.15) is 5.10 Å². The Morgan fingerprint density at radius 3 is 2.36 bits per heavy atom. The molecule has 4 heteroatoms. The summed E-state index contributed by atoms with van der Waals surface area (Å²) in [6.45, 7) is 4.07. The van der Waals surface area contributed by atoms with Crippen molar-refractivity contribution in [1.29, 1.82) is 0 Å². The minimum absolute atomic E-state index is 0.273. The largest absolute Gasteiger partial charge is 0.362 e. The quantitative estimate of drug-likeness (QED) is 0.685. The molecule has 1 heterocycles. The van der Waals surface area contributed by atoms with Crippen molar-refractivity contribution in [2.24, 2.45) is 7.05 Å². The van der Waals surface area contributed by atoms with E-state index in [1.165, 1.54) is 0 Å². The van der Waals surface area contributed by atoms with Crippen molar-refractivity contribution < 1.29 is 4.79 Å². The highest BCUT2D eigenvalue weighted by Gasteiger charge is 2.18. The summed E-state index contributed by atoms with van der Waals surface area (Å²) in [5, 5.41) is 4.35. The van der Waals surface area contributed by atoms with Gasteiger partial charge in [-0.1, -0.05) is 13.8 Å². The van der Waals surface area contributed by atoms with Crippen LogP contribution < -0.4 is 4.90 Å². The van der Waals surface area contributed by atoms with Crippen molar-refractivity contribution in [3.63, 3.8) is 0 Å². The molecule has 1 aromatic rings. The summed E-state index contributed by atoms with van der Waals surface area (Å²) in [5.41, 5.74) is 1.57. The molecule has 0 amide bonds. The van der Waals surface area contributed by atoms with E-state index in [0.717, 1.165) is 17.8 Å². The SMILES string of the molecule is CC(C)c1nn(C)c(N(C)C)c1C=O. The van der Waals surface area contributed by atoms with Gasteiger partial charge in [-0.05, 0) is 5.92 Å². The Balaban J connectivity index is 3.35. The lowest BCUT2D eigenvalue weighted by Crippen LogP contribution is -2.14.